The quantitative estimate of drug-likeness (QED) is 0.306. The molecule has 4 rings (SSSR count). The molecule has 4 aromatic rings. The highest BCUT2D eigenvalue weighted by Crippen LogP contribution is 2.34. The summed E-state index contributed by atoms with van der Waals surface area (Å²) in [5.74, 6) is -1.17. The third kappa shape index (κ3) is 4.86. The van der Waals surface area contributed by atoms with Crippen molar-refractivity contribution in [1.82, 2.24) is 0 Å². The number of amides is 1. The highest BCUT2D eigenvalue weighted by molar-refractivity contribution is 6.00. The summed E-state index contributed by atoms with van der Waals surface area (Å²) < 4.78 is 0. The Bertz CT molecular complexity index is 1320. The number of anilines is 1. The SMILES string of the molecule is CCC(C)C(C(=O)Nc1ccccc1Cc1ccccc1C(=O)O)c1cccc2ccccc12. The van der Waals surface area contributed by atoms with Gasteiger partial charge in [0, 0.05) is 12.1 Å². The van der Waals surface area contributed by atoms with Gasteiger partial charge in [-0.2, -0.15) is 0 Å². The van der Waals surface area contributed by atoms with E-state index in [-0.39, 0.29) is 23.3 Å². The van der Waals surface area contributed by atoms with Crippen LogP contribution in [0.1, 0.15) is 53.2 Å². The van der Waals surface area contributed by atoms with Gasteiger partial charge in [0.15, 0.2) is 0 Å². The van der Waals surface area contributed by atoms with E-state index in [2.05, 4.69) is 37.4 Å². The van der Waals surface area contributed by atoms with Gasteiger partial charge in [0.25, 0.3) is 0 Å². The van der Waals surface area contributed by atoms with Crippen molar-refractivity contribution in [2.75, 3.05) is 5.32 Å². The van der Waals surface area contributed by atoms with Crippen molar-refractivity contribution >= 4 is 28.3 Å². The molecule has 0 aliphatic heterocycles. The van der Waals surface area contributed by atoms with Crippen LogP contribution in [0.15, 0.2) is 91.0 Å². The molecule has 0 saturated heterocycles. The number of benzene rings is 4. The number of nitrogens with one attached hydrogen (secondary N) is 1. The summed E-state index contributed by atoms with van der Waals surface area (Å²) in [6, 6.07) is 28.9. The first-order valence-corrected chi connectivity index (χ1v) is 11.7. The Morgan fingerprint density at radius 1 is 0.824 bits per heavy atom. The maximum Gasteiger partial charge on any atom is 0.335 e. The van der Waals surface area contributed by atoms with E-state index in [0.717, 1.165) is 28.3 Å². The number of hydrogen-bond donors (Lipinski definition) is 2. The molecule has 0 spiro atoms. The number of carbonyl (C=O) groups is 2. The number of hydrogen-bond acceptors (Lipinski definition) is 2. The Kier molecular flexibility index (Phi) is 7.07. The van der Waals surface area contributed by atoms with Crippen LogP contribution in [0.5, 0.6) is 0 Å². The van der Waals surface area contributed by atoms with Gasteiger partial charge in [0.05, 0.1) is 11.5 Å². The topological polar surface area (TPSA) is 66.4 Å². The Morgan fingerprint density at radius 3 is 2.24 bits per heavy atom. The Hall–Kier alpha value is -3.92. The standard InChI is InChI=1S/C30H29NO3/c1-3-20(2)28(26-17-10-14-21-11-4-7-15-24(21)26)29(32)31-27-18-9-6-13-23(27)19-22-12-5-8-16-25(22)30(33)34/h4-18,20,28H,3,19H2,1-2H3,(H,31,32)(H,33,34). The molecule has 4 heteroatoms. The number of carboxylic acids is 1. The molecule has 0 aliphatic carbocycles. The van der Waals surface area contributed by atoms with Gasteiger partial charge in [0.1, 0.15) is 0 Å². The molecule has 2 unspecified atom stereocenters. The number of rotatable bonds is 8. The first-order valence-electron chi connectivity index (χ1n) is 11.7. The molecule has 1 amide bonds. The molecule has 2 N–H and O–H groups in total. The van der Waals surface area contributed by atoms with Gasteiger partial charge in [-0.1, -0.05) is 99.1 Å². The molecule has 0 bridgehead atoms. The minimum absolute atomic E-state index is 0.0512. The largest absolute Gasteiger partial charge is 0.478 e. The summed E-state index contributed by atoms with van der Waals surface area (Å²) in [6.45, 7) is 4.22. The average molecular weight is 452 g/mol. The molecule has 0 heterocycles. The van der Waals surface area contributed by atoms with E-state index in [4.69, 9.17) is 0 Å². The smallest absolute Gasteiger partial charge is 0.335 e. The average Bonchev–Trinajstić information content (AvgIpc) is 2.85. The molecular formula is C30H29NO3. The van der Waals surface area contributed by atoms with Gasteiger partial charge in [-0.25, -0.2) is 4.79 Å². The molecule has 2 atom stereocenters. The molecular weight excluding hydrogens is 422 g/mol. The molecule has 0 radical (unpaired) electrons. The summed E-state index contributed by atoms with van der Waals surface area (Å²) in [4.78, 5) is 25.4. The molecule has 4 nitrogen and oxygen atoms in total. The van der Waals surface area contributed by atoms with E-state index in [1.54, 1.807) is 12.1 Å². The second-order valence-electron chi connectivity index (χ2n) is 8.72. The highest BCUT2D eigenvalue weighted by Gasteiger charge is 2.28. The van der Waals surface area contributed by atoms with Crippen LogP contribution in [0, 0.1) is 5.92 Å². The van der Waals surface area contributed by atoms with Gasteiger partial charge in [0.2, 0.25) is 5.91 Å². The molecule has 0 saturated carbocycles. The van der Waals surface area contributed by atoms with E-state index in [9.17, 15) is 14.7 Å². The molecule has 172 valence electrons. The second kappa shape index (κ2) is 10.3. The Balaban J connectivity index is 1.68. The van der Waals surface area contributed by atoms with E-state index in [1.807, 2.05) is 60.7 Å². The van der Waals surface area contributed by atoms with Gasteiger partial charge in [-0.15, -0.1) is 0 Å². The lowest BCUT2D eigenvalue weighted by Crippen LogP contribution is -2.27. The van der Waals surface area contributed by atoms with Crippen LogP contribution in [0.25, 0.3) is 10.8 Å². The van der Waals surface area contributed by atoms with Crippen molar-refractivity contribution in [3.05, 3.63) is 113 Å². The van der Waals surface area contributed by atoms with Gasteiger partial charge < -0.3 is 10.4 Å². The van der Waals surface area contributed by atoms with Gasteiger partial charge >= 0.3 is 5.97 Å². The summed E-state index contributed by atoms with van der Waals surface area (Å²) in [5.41, 5.74) is 3.60. The van der Waals surface area contributed by atoms with Crippen LogP contribution in [0.3, 0.4) is 0 Å². The van der Waals surface area contributed by atoms with E-state index >= 15 is 0 Å². The zero-order chi connectivity index (χ0) is 24.1. The van der Waals surface area contributed by atoms with Crippen molar-refractivity contribution in [2.45, 2.75) is 32.6 Å². The third-order valence-corrected chi connectivity index (χ3v) is 6.56. The summed E-state index contributed by atoms with van der Waals surface area (Å²) >= 11 is 0. The number of carboxylic acid groups (broad SMARTS) is 1. The van der Waals surface area contributed by atoms with Crippen LogP contribution in [-0.4, -0.2) is 17.0 Å². The van der Waals surface area contributed by atoms with Crippen molar-refractivity contribution in [2.24, 2.45) is 5.92 Å². The van der Waals surface area contributed by atoms with Crippen molar-refractivity contribution in [1.29, 1.82) is 0 Å². The van der Waals surface area contributed by atoms with Crippen LogP contribution < -0.4 is 5.32 Å². The zero-order valence-electron chi connectivity index (χ0n) is 19.5. The van der Waals surface area contributed by atoms with E-state index in [0.29, 0.717) is 17.7 Å². The minimum Gasteiger partial charge on any atom is -0.478 e. The lowest BCUT2D eigenvalue weighted by atomic mass is 9.82. The lowest BCUT2D eigenvalue weighted by Gasteiger charge is -2.25. The number of carbonyl (C=O) groups excluding carboxylic acids is 1. The highest BCUT2D eigenvalue weighted by atomic mass is 16.4. The lowest BCUT2D eigenvalue weighted by molar-refractivity contribution is -0.118. The molecule has 4 aromatic carbocycles. The minimum atomic E-state index is -0.954. The van der Waals surface area contributed by atoms with Crippen LogP contribution in [0.2, 0.25) is 0 Å². The van der Waals surface area contributed by atoms with E-state index in [1.165, 1.54) is 0 Å². The Morgan fingerprint density at radius 2 is 1.47 bits per heavy atom. The van der Waals surface area contributed by atoms with E-state index < -0.39 is 5.97 Å². The summed E-state index contributed by atoms with van der Waals surface area (Å²) in [5, 5.41) is 14.9. The molecule has 0 aliphatic rings. The number of para-hydroxylation sites is 1. The van der Waals surface area contributed by atoms with Gasteiger partial charge in [-0.3, -0.25) is 4.79 Å². The first kappa shape index (κ1) is 23.2. The second-order valence-corrected chi connectivity index (χ2v) is 8.72. The monoisotopic (exact) mass is 451 g/mol. The predicted molar refractivity (Wildman–Crippen MR) is 137 cm³/mol. The summed E-state index contributed by atoms with van der Waals surface area (Å²) in [7, 11) is 0. The number of fused-ring (bicyclic) bond motifs is 1. The van der Waals surface area contributed by atoms with Crippen molar-refractivity contribution in [3.8, 4) is 0 Å². The zero-order valence-corrected chi connectivity index (χ0v) is 19.5. The van der Waals surface area contributed by atoms with Crippen LogP contribution >= 0.6 is 0 Å². The summed E-state index contributed by atoms with van der Waals surface area (Å²) in [6.07, 6.45) is 1.29. The predicted octanol–water partition coefficient (Wildman–Crippen LogP) is 6.90. The van der Waals surface area contributed by atoms with Crippen LogP contribution in [0.4, 0.5) is 5.69 Å². The fourth-order valence-corrected chi connectivity index (χ4v) is 4.56. The van der Waals surface area contributed by atoms with Crippen LogP contribution in [-0.2, 0) is 11.2 Å². The maximum absolute atomic E-state index is 13.7. The molecule has 34 heavy (non-hydrogen) atoms. The normalized spacial score (nSPS) is 12.8. The third-order valence-electron chi connectivity index (χ3n) is 6.56. The first-order chi connectivity index (χ1) is 16.5. The molecule has 0 aromatic heterocycles. The number of aromatic carboxylic acids is 1. The van der Waals surface area contributed by atoms with Gasteiger partial charge in [-0.05, 0) is 45.5 Å². The fraction of sp³-hybridized carbons (Fsp3) is 0.200. The fourth-order valence-electron chi connectivity index (χ4n) is 4.56. The Labute approximate surface area is 200 Å². The van der Waals surface area contributed by atoms with Crippen molar-refractivity contribution < 1.29 is 14.7 Å². The molecule has 0 fully saturated rings. The maximum atomic E-state index is 13.7. The van der Waals surface area contributed by atoms with Crippen molar-refractivity contribution in [3.63, 3.8) is 0 Å².